The number of nitrogens with zero attached hydrogens (tertiary/aromatic N) is 1. The van der Waals surface area contributed by atoms with Gasteiger partial charge in [0.1, 0.15) is 0 Å². The highest BCUT2D eigenvalue weighted by molar-refractivity contribution is 5.83. The number of benzene rings is 1. The molecule has 2 heterocycles. The molecule has 1 aromatic heterocycles. The van der Waals surface area contributed by atoms with Gasteiger partial charge in [-0.2, -0.15) is 0 Å². The topological polar surface area (TPSA) is 51.2 Å². The number of ether oxygens (including phenoxy) is 1. The van der Waals surface area contributed by atoms with Crippen molar-refractivity contribution in [2.24, 2.45) is 11.8 Å². The Morgan fingerprint density at radius 1 is 1.32 bits per heavy atom. The molecule has 0 spiro atoms. The number of carbonyl (C=O) groups is 1. The summed E-state index contributed by atoms with van der Waals surface area (Å²) < 4.78 is 5.37. The first-order chi connectivity index (χ1) is 10.8. The van der Waals surface area contributed by atoms with Crippen LogP contribution in [0.4, 0.5) is 0 Å². The molecular formula is C18H22N2O2. The lowest BCUT2D eigenvalue weighted by atomic mass is 9.87. The maximum atomic E-state index is 12.4. The van der Waals surface area contributed by atoms with Crippen molar-refractivity contribution in [3.63, 3.8) is 0 Å². The van der Waals surface area contributed by atoms with Gasteiger partial charge in [0.2, 0.25) is 5.91 Å². The number of hydrogen-bond donors (Lipinski definition) is 1. The van der Waals surface area contributed by atoms with Gasteiger partial charge >= 0.3 is 0 Å². The van der Waals surface area contributed by atoms with E-state index < -0.39 is 0 Å². The van der Waals surface area contributed by atoms with Crippen LogP contribution in [-0.4, -0.2) is 24.1 Å². The van der Waals surface area contributed by atoms with E-state index in [0.717, 1.165) is 42.5 Å². The second-order valence-electron chi connectivity index (χ2n) is 5.94. The average Bonchev–Trinajstić information content (AvgIpc) is 2.59. The van der Waals surface area contributed by atoms with Gasteiger partial charge in [-0.15, -0.1) is 0 Å². The zero-order chi connectivity index (χ0) is 15.4. The minimum atomic E-state index is 0.0389. The second kappa shape index (κ2) is 6.88. The minimum Gasteiger partial charge on any atom is -0.381 e. The van der Waals surface area contributed by atoms with Crippen molar-refractivity contribution in [2.45, 2.75) is 26.3 Å². The highest BCUT2D eigenvalue weighted by Gasteiger charge is 2.25. The molecule has 4 heteroatoms. The Balaban J connectivity index is 1.64. The number of pyridine rings is 1. The van der Waals surface area contributed by atoms with Gasteiger partial charge in [-0.05, 0) is 36.5 Å². The van der Waals surface area contributed by atoms with Crippen molar-refractivity contribution < 1.29 is 9.53 Å². The number of rotatable bonds is 4. The lowest BCUT2D eigenvalue weighted by Crippen LogP contribution is -2.35. The maximum Gasteiger partial charge on any atom is 0.223 e. The Labute approximate surface area is 130 Å². The number of amides is 1. The molecular weight excluding hydrogens is 276 g/mol. The van der Waals surface area contributed by atoms with E-state index in [0.29, 0.717) is 12.5 Å². The van der Waals surface area contributed by atoms with Gasteiger partial charge in [0.15, 0.2) is 0 Å². The van der Waals surface area contributed by atoms with Crippen LogP contribution in [0.2, 0.25) is 0 Å². The third-order valence-corrected chi connectivity index (χ3v) is 4.58. The monoisotopic (exact) mass is 298 g/mol. The molecule has 1 saturated heterocycles. The van der Waals surface area contributed by atoms with Gasteiger partial charge in [-0.3, -0.25) is 9.78 Å². The fourth-order valence-corrected chi connectivity index (χ4v) is 3.08. The van der Waals surface area contributed by atoms with E-state index in [1.807, 2.05) is 37.3 Å². The summed E-state index contributed by atoms with van der Waals surface area (Å²) in [5.41, 5.74) is 2.07. The summed E-state index contributed by atoms with van der Waals surface area (Å²) in [6.07, 6.45) is 3.76. The summed E-state index contributed by atoms with van der Waals surface area (Å²) in [4.78, 5) is 16.7. The largest absolute Gasteiger partial charge is 0.381 e. The van der Waals surface area contributed by atoms with Crippen molar-refractivity contribution in [3.05, 3.63) is 42.1 Å². The third kappa shape index (κ3) is 3.28. The molecule has 1 atom stereocenters. The summed E-state index contributed by atoms with van der Waals surface area (Å²) in [6.45, 7) is 4.12. The first-order valence-electron chi connectivity index (χ1n) is 7.94. The first-order valence-corrected chi connectivity index (χ1v) is 7.94. The molecule has 1 aliphatic rings. The van der Waals surface area contributed by atoms with Gasteiger partial charge < -0.3 is 10.1 Å². The zero-order valence-electron chi connectivity index (χ0n) is 12.9. The molecule has 1 aliphatic heterocycles. The summed E-state index contributed by atoms with van der Waals surface area (Å²) >= 11 is 0. The van der Waals surface area contributed by atoms with Gasteiger partial charge in [0.25, 0.3) is 0 Å². The number of nitrogens with one attached hydrogen (secondary N) is 1. The van der Waals surface area contributed by atoms with Crippen molar-refractivity contribution in [1.29, 1.82) is 0 Å². The van der Waals surface area contributed by atoms with Gasteiger partial charge in [0.05, 0.1) is 5.52 Å². The smallest absolute Gasteiger partial charge is 0.223 e. The zero-order valence-corrected chi connectivity index (χ0v) is 12.9. The second-order valence-corrected chi connectivity index (χ2v) is 5.94. The summed E-state index contributed by atoms with van der Waals surface area (Å²) in [5, 5.41) is 4.18. The van der Waals surface area contributed by atoms with E-state index in [2.05, 4.69) is 10.3 Å². The molecule has 0 aliphatic carbocycles. The molecule has 1 fully saturated rings. The van der Waals surface area contributed by atoms with E-state index in [1.165, 1.54) is 0 Å². The molecule has 22 heavy (non-hydrogen) atoms. The van der Waals surface area contributed by atoms with E-state index in [-0.39, 0.29) is 11.8 Å². The fourth-order valence-electron chi connectivity index (χ4n) is 3.08. The van der Waals surface area contributed by atoms with Crippen molar-refractivity contribution in [3.8, 4) is 0 Å². The Kier molecular flexibility index (Phi) is 4.68. The van der Waals surface area contributed by atoms with E-state index >= 15 is 0 Å². The highest BCUT2D eigenvalue weighted by atomic mass is 16.5. The molecule has 4 nitrogen and oxygen atoms in total. The van der Waals surface area contributed by atoms with Gasteiger partial charge in [0, 0.05) is 37.3 Å². The van der Waals surface area contributed by atoms with Crippen molar-refractivity contribution in [2.75, 3.05) is 13.2 Å². The van der Waals surface area contributed by atoms with Gasteiger partial charge in [-0.1, -0.05) is 25.1 Å². The van der Waals surface area contributed by atoms with Crippen LogP contribution in [0.1, 0.15) is 25.3 Å². The van der Waals surface area contributed by atoms with E-state index in [1.54, 1.807) is 6.20 Å². The Morgan fingerprint density at radius 3 is 2.91 bits per heavy atom. The molecule has 1 amide bonds. The van der Waals surface area contributed by atoms with Crippen molar-refractivity contribution in [1.82, 2.24) is 10.3 Å². The molecule has 0 saturated carbocycles. The minimum absolute atomic E-state index is 0.0389. The van der Waals surface area contributed by atoms with E-state index in [9.17, 15) is 4.79 Å². The Bertz CT molecular complexity index is 645. The molecule has 0 bridgehead atoms. The molecule has 2 aromatic rings. The SMILES string of the molecule is CC(C(=O)NCc1ccnc2ccccc12)C1CCOCC1. The molecule has 0 radical (unpaired) electrons. The quantitative estimate of drug-likeness (QED) is 0.944. The summed E-state index contributed by atoms with van der Waals surface area (Å²) in [7, 11) is 0. The molecule has 1 N–H and O–H groups in total. The average molecular weight is 298 g/mol. The predicted octanol–water partition coefficient (Wildman–Crippen LogP) is 2.91. The number of aromatic nitrogens is 1. The van der Waals surface area contributed by atoms with Crippen LogP contribution in [0.15, 0.2) is 36.5 Å². The van der Waals surface area contributed by atoms with Crippen LogP contribution in [0, 0.1) is 11.8 Å². The predicted molar refractivity (Wildman–Crippen MR) is 86.3 cm³/mol. The van der Waals surface area contributed by atoms with Crippen LogP contribution in [0.25, 0.3) is 10.9 Å². The first kappa shape index (κ1) is 15.0. The number of carbonyl (C=O) groups excluding carboxylic acids is 1. The van der Waals surface area contributed by atoms with Crippen LogP contribution in [0.5, 0.6) is 0 Å². The third-order valence-electron chi connectivity index (χ3n) is 4.58. The lowest BCUT2D eigenvalue weighted by Gasteiger charge is -2.27. The Morgan fingerprint density at radius 2 is 2.09 bits per heavy atom. The standard InChI is InChI=1S/C18H22N2O2/c1-13(14-7-10-22-11-8-14)18(21)20-12-15-6-9-19-17-5-3-2-4-16(15)17/h2-6,9,13-14H,7-8,10-12H2,1H3,(H,20,21). The molecule has 1 unspecified atom stereocenters. The Hall–Kier alpha value is -1.94. The lowest BCUT2D eigenvalue weighted by molar-refractivity contribution is -0.127. The normalized spacial score (nSPS) is 17.3. The summed E-state index contributed by atoms with van der Waals surface area (Å²) in [5.74, 6) is 0.604. The maximum absolute atomic E-state index is 12.4. The summed E-state index contributed by atoms with van der Waals surface area (Å²) in [6, 6.07) is 9.99. The molecule has 3 rings (SSSR count). The van der Waals surface area contributed by atoms with Crippen LogP contribution in [0.3, 0.4) is 0 Å². The fraction of sp³-hybridized carbons (Fsp3) is 0.444. The van der Waals surface area contributed by atoms with Crippen molar-refractivity contribution >= 4 is 16.8 Å². The molecule has 116 valence electrons. The highest BCUT2D eigenvalue weighted by Crippen LogP contribution is 2.24. The van der Waals surface area contributed by atoms with E-state index in [4.69, 9.17) is 4.74 Å². The number of para-hydroxylation sites is 1. The number of fused-ring (bicyclic) bond motifs is 1. The van der Waals surface area contributed by atoms with Gasteiger partial charge in [-0.25, -0.2) is 0 Å². The molecule has 1 aromatic carbocycles. The van der Waals surface area contributed by atoms with Crippen LogP contribution < -0.4 is 5.32 Å². The van der Waals surface area contributed by atoms with Crippen LogP contribution >= 0.6 is 0 Å². The van der Waals surface area contributed by atoms with Crippen LogP contribution in [-0.2, 0) is 16.1 Å². The number of hydrogen-bond acceptors (Lipinski definition) is 3.